The fourth-order valence-electron chi connectivity index (χ4n) is 3.53. The van der Waals surface area contributed by atoms with Gasteiger partial charge in [0.2, 0.25) is 0 Å². The lowest BCUT2D eigenvalue weighted by molar-refractivity contribution is 0.0941. The van der Waals surface area contributed by atoms with Crippen LogP contribution in [0.4, 0.5) is 0 Å². The molecule has 1 aliphatic rings. The molecule has 2 N–H and O–H groups in total. The zero-order chi connectivity index (χ0) is 20.0. The number of carbonyl (C=O) groups excluding carboxylic acids is 1. The number of nitrogens with zero attached hydrogens (tertiary/aromatic N) is 2. The van der Waals surface area contributed by atoms with Crippen LogP contribution >= 0.6 is 0 Å². The molecule has 0 aliphatic carbocycles. The van der Waals surface area contributed by atoms with E-state index in [-0.39, 0.29) is 17.5 Å². The smallest absolute Gasteiger partial charge is 0.259 e. The van der Waals surface area contributed by atoms with Crippen LogP contribution in [0.5, 0.6) is 11.5 Å². The molecule has 29 heavy (non-hydrogen) atoms. The zero-order valence-corrected chi connectivity index (χ0v) is 15.6. The Morgan fingerprint density at radius 1 is 1.17 bits per heavy atom. The number of fused-ring (bicyclic) bond motifs is 4. The topological polar surface area (TPSA) is 97.7 Å². The second-order valence-electron chi connectivity index (χ2n) is 6.89. The summed E-state index contributed by atoms with van der Waals surface area (Å²) < 4.78 is 12.7. The van der Waals surface area contributed by atoms with E-state index >= 15 is 0 Å². The van der Waals surface area contributed by atoms with Gasteiger partial charge >= 0.3 is 0 Å². The molecule has 146 valence electrons. The average Bonchev–Trinajstić information content (AvgIpc) is 3.17. The van der Waals surface area contributed by atoms with Gasteiger partial charge in [-0.3, -0.25) is 9.59 Å². The second-order valence-corrected chi connectivity index (χ2v) is 6.89. The highest BCUT2D eigenvalue weighted by Gasteiger charge is 2.20. The minimum absolute atomic E-state index is 0.262. The first-order chi connectivity index (χ1) is 14.1. The van der Waals surface area contributed by atoms with E-state index in [9.17, 15) is 9.59 Å². The van der Waals surface area contributed by atoms with Gasteiger partial charge < -0.3 is 19.8 Å². The van der Waals surface area contributed by atoms with Crippen molar-refractivity contribution in [2.24, 2.45) is 0 Å². The van der Waals surface area contributed by atoms with Crippen LogP contribution in [0.2, 0.25) is 0 Å². The quantitative estimate of drug-likeness (QED) is 0.560. The molecule has 0 saturated heterocycles. The summed E-state index contributed by atoms with van der Waals surface area (Å²) in [5.41, 5.74) is 1.93. The normalized spacial score (nSPS) is 14.1. The lowest BCUT2D eigenvalue weighted by Crippen LogP contribution is -2.27. The van der Waals surface area contributed by atoms with Crippen molar-refractivity contribution in [3.05, 3.63) is 70.1 Å². The third kappa shape index (κ3) is 2.89. The maximum absolute atomic E-state index is 12.9. The third-order valence-corrected chi connectivity index (χ3v) is 5.04. The summed E-state index contributed by atoms with van der Waals surface area (Å²) in [5, 5.41) is 7.76. The van der Waals surface area contributed by atoms with Crippen LogP contribution in [0.3, 0.4) is 0 Å². The molecule has 3 heterocycles. The van der Waals surface area contributed by atoms with Crippen LogP contribution < -0.4 is 20.3 Å². The van der Waals surface area contributed by atoms with Crippen molar-refractivity contribution in [3.8, 4) is 11.5 Å². The highest BCUT2D eigenvalue weighted by Crippen LogP contribution is 2.32. The first-order valence-electron chi connectivity index (χ1n) is 9.31. The summed E-state index contributed by atoms with van der Waals surface area (Å²) in [6, 6.07) is 12.5. The molecule has 2 aromatic heterocycles. The number of amides is 1. The summed E-state index contributed by atoms with van der Waals surface area (Å²) in [6.07, 6.45) is 1.46. The number of rotatable bonds is 3. The summed E-state index contributed by atoms with van der Waals surface area (Å²) >= 11 is 0. The average molecular weight is 390 g/mol. The van der Waals surface area contributed by atoms with Crippen molar-refractivity contribution in [2.75, 3.05) is 13.2 Å². The monoisotopic (exact) mass is 390 g/mol. The molecule has 0 saturated carbocycles. The van der Waals surface area contributed by atoms with E-state index in [4.69, 9.17) is 9.47 Å². The maximum atomic E-state index is 12.9. The molecule has 8 heteroatoms. The van der Waals surface area contributed by atoms with E-state index in [0.717, 1.165) is 5.56 Å². The second kappa shape index (κ2) is 6.66. The van der Waals surface area contributed by atoms with Crippen molar-refractivity contribution >= 4 is 22.5 Å². The Bertz CT molecular complexity index is 1310. The minimum Gasteiger partial charge on any atom is -0.486 e. The number of aromatic nitrogens is 3. The van der Waals surface area contributed by atoms with Crippen LogP contribution in [0.15, 0.2) is 53.5 Å². The van der Waals surface area contributed by atoms with E-state index in [1.54, 1.807) is 22.7 Å². The lowest BCUT2D eigenvalue weighted by atomic mass is 10.1. The number of hydrogen-bond donors (Lipinski definition) is 2. The number of para-hydroxylation sites is 1. The van der Waals surface area contributed by atoms with E-state index in [2.05, 4.69) is 15.4 Å². The first kappa shape index (κ1) is 17.3. The van der Waals surface area contributed by atoms with Crippen LogP contribution in [-0.2, 0) is 0 Å². The SMILES string of the molecule is CC(NC(=O)c1cnn2c1[nH]c(=O)c1ccccc12)c1ccc2c(c1)OCCO2. The molecular formula is C21H18N4O4. The highest BCUT2D eigenvalue weighted by molar-refractivity contribution is 6.00. The van der Waals surface area contributed by atoms with Crippen molar-refractivity contribution in [2.45, 2.75) is 13.0 Å². The van der Waals surface area contributed by atoms with Gasteiger partial charge in [-0.05, 0) is 36.8 Å². The summed E-state index contributed by atoms with van der Waals surface area (Å²) in [6.45, 7) is 2.91. The standard InChI is InChI=1S/C21H18N4O4/c1-12(13-6-7-17-18(10-13)29-9-8-28-17)23-21(27)15-11-22-25-16-5-3-2-4-14(16)20(26)24-19(15)25/h2-7,10-12H,8-9H2,1H3,(H,23,27)(H,24,26). The van der Waals surface area contributed by atoms with E-state index in [1.807, 2.05) is 31.2 Å². The number of ether oxygens (including phenoxy) is 2. The summed E-state index contributed by atoms with van der Waals surface area (Å²) in [5.74, 6) is 1.04. The largest absolute Gasteiger partial charge is 0.486 e. The molecule has 0 radical (unpaired) electrons. The van der Waals surface area contributed by atoms with E-state index in [0.29, 0.717) is 46.8 Å². The highest BCUT2D eigenvalue weighted by atomic mass is 16.6. The van der Waals surface area contributed by atoms with E-state index in [1.165, 1.54) is 6.20 Å². The molecular weight excluding hydrogens is 372 g/mol. The van der Waals surface area contributed by atoms with Crippen molar-refractivity contribution in [3.63, 3.8) is 0 Å². The lowest BCUT2D eigenvalue weighted by Gasteiger charge is -2.21. The first-order valence-corrected chi connectivity index (χ1v) is 9.31. The van der Waals surface area contributed by atoms with E-state index < -0.39 is 0 Å². The van der Waals surface area contributed by atoms with Gasteiger partial charge in [0.1, 0.15) is 24.4 Å². The number of carbonyl (C=O) groups is 1. The number of nitrogens with one attached hydrogen (secondary N) is 2. The molecule has 0 fully saturated rings. The van der Waals surface area contributed by atoms with Gasteiger partial charge in [-0.15, -0.1) is 0 Å². The van der Waals surface area contributed by atoms with Crippen molar-refractivity contribution < 1.29 is 14.3 Å². The molecule has 1 atom stereocenters. The Labute approximate surface area is 165 Å². The van der Waals surface area contributed by atoms with Gasteiger partial charge in [-0.2, -0.15) is 5.10 Å². The van der Waals surface area contributed by atoms with Crippen molar-refractivity contribution in [1.82, 2.24) is 19.9 Å². The number of aromatic amines is 1. The van der Waals surface area contributed by atoms with Crippen LogP contribution in [0.1, 0.15) is 28.9 Å². The summed E-state index contributed by atoms with van der Waals surface area (Å²) in [4.78, 5) is 28.1. The molecule has 0 spiro atoms. The Morgan fingerprint density at radius 2 is 1.97 bits per heavy atom. The fraction of sp³-hybridized carbons (Fsp3) is 0.190. The van der Waals surface area contributed by atoms with Crippen molar-refractivity contribution in [1.29, 1.82) is 0 Å². The Balaban J connectivity index is 1.46. The van der Waals surface area contributed by atoms with Gasteiger partial charge in [0, 0.05) is 0 Å². The number of benzene rings is 2. The molecule has 5 rings (SSSR count). The maximum Gasteiger partial charge on any atom is 0.259 e. The van der Waals surface area contributed by atoms with Gasteiger partial charge in [0.05, 0.1) is 23.1 Å². The molecule has 1 unspecified atom stereocenters. The summed E-state index contributed by atoms with van der Waals surface area (Å²) in [7, 11) is 0. The molecule has 0 bridgehead atoms. The van der Waals surface area contributed by atoms with Crippen LogP contribution in [-0.4, -0.2) is 33.7 Å². The third-order valence-electron chi connectivity index (χ3n) is 5.04. The number of hydrogen-bond acceptors (Lipinski definition) is 5. The molecule has 4 aromatic rings. The Hall–Kier alpha value is -3.81. The van der Waals surface area contributed by atoms with Gasteiger partial charge in [0.25, 0.3) is 11.5 Å². The Morgan fingerprint density at radius 3 is 2.83 bits per heavy atom. The molecule has 1 aliphatic heterocycles. The zero-order valence-electron chi connectivity index (χ0n) is 15.6. The van der Waals surface area contributed by atoms with Gasteiger partial charge in [0.15, 0.2) is 11.5 Å². The molecule has 2 aromatic carbocycles. The van der Waals surface area contributed by atoms with Crippen LogP contribution in [0, 0.1) is 0 Å². The van der Waals surface area contributed by atoms with Gasteiger partial charge in [-0.1, -0.05) is 18.2 Å². The fourth-order valence-corrected chi connectivity index (χ4v) is 3.53. The number of H-pyrrole nitrogens is 1. The predicted octanol–water partition coefficient (Wildman–Crippen LogP) is 2.44. The predicted molar refractivity (Wildman–Crippen MR) is 107 cm³/mol. The van der Waals surface area contributed by atoms with Gasteiger partial charge in [-0.25, -0.2) is 4.52 Å². The minimum atomic E-state index is -0.326. The Kier molecular flexibility index (Phi) is 3.97. The van der Waals surface area contributed by atoms with Crippen LogP contribution in [0.25, 0.3) is 16.6 Å². The molecule has 8 nitrogen and oxygen atoms in total. The molecule has 1 amide bonds.